The second-order valence-electron chi connectivity index (χ2n) is 5.81. The van der Waals surface area contributed by atoms with Gasteiger partial charge < -0.3 is 9.88 Å². The van der Waals surface area contributed by atoms with Crippen LogP contribution in [0, 0.1) is 10.7 Å². The standard InChI is InChI=1S/C14H21N3OS2/c1-9(2)7-10(8-16(3)4)17-13(18)11-5-6-20-12(11)15-14(17)19/h5-6,9-10H,7-8H2,1-4H3,(H,15,19). The fraction of sp³-hybridized carbons (Fsp3) is 0.571. The predicted molar refractivity (Wildman–Crippen MR) is 88.3 cm³/mol. The molecule has 4 nitrogen and oxygen atoms in total. The third kappa shape index (κ3) is 3.19. The number of likely N-dealkylation sites (N-methyl/N-ethyl adjacent to an activating group) is 1. The number of fused-ring (bicyclic) bond motifs is 1. The third-order valence-electron chi connectivity index (χ3n) is 3.24. The molecular formula is C14H21N3OS2. The molecule has 0 amide bonds. The fourth-order valence-electron chi connectivity index (χ4n) is 2.51. The third-order valence-corrected chi connectivity index (χ3v) is 4.37. The molecule has 0 aliphatic rings. The van der Waals surface area contributed by atoms with Crippen molar-refractivity contribution in [2.45, 2.75) is 26.3 Å². The van der Waals surface area contributed by atoms with Crippen molar-refractivity contribution in [1.82, 2.24) is 14.5 Å². The van der Waals surface area contributed by atoms with Gasteiger partial charge in [0.15, 0.2) is 4.77 Å². The van der Waals surface area contributed by atoms with Crippen molar-refractivity contribution >= 4 is 33.8 Å². The minimum atomic E-state index is 0.0255. The van der Waals surface area contributed by atoms with Gasteiger partial charge in [0.1, 0.15) is 4.83 Å². The summed E-state index contributed by atoms with van der Waals surface area (Å²) < 4.78 is 2.28. The Morgan fingerprint density at radius 2 is 2.15 bits per heavy atom. The van der Waals surface area contributed by atoms with E-state index in [0.717, 1.165) is 23.2 Å². The smallest absolute Gasteiger partial charge is 0.263 e. The highest BCUT2D eigenvalue weighted by molar-refractivity contribution is 7.71. The van der Waals surface area contributed by atoms with Gasteiger partial charge in [-0.3, -0.25) is 9.36 Å². The molecule has 2 aromatic rings. The van der Waals surface area contributed by atoms with Crippen LogP contribution < -0.4 is 5.56 Å². The SMILES string of the molecule is CC(C)CC(CN(C)C)n1c(=S)[nH]c2sccc2c1=O. The number of hydrogen-bond acceptors (Lipinski definition) is 4. The number of aromatic amines is 1. The topological polar surface area (TPSA) is 41.0 Å². The van der Waals surface area contributed by atoms with E-state index in [9.17, 15) is 4.79 Å². The average molecular weight is 311 g/mol. The molecule has 2 aromatic heterocycles. The molecule has 0 aliphatic heterocycles. The Morgan fingerprint density at radius 1 is 1.45 bits per heavy atom. The number of nitrogens with zero attached hydrogens (tertiary/aromatic N) is 2. The minimum Gasteiger partial charge on any atom is -0.323 e. The zero-order valence-electron chi connectivity index (χ0n) is 12.3. The highest BCUT2D eigenvalue weighted by atomic mass is 32.1. The van der Waals surface area contributed by atoms with E-state index in [1.807, 2.05) is 25.5 Å². The first kappa shape index (κ1) is 15.4. The Labute approximate surface area is 128 Å². The van der Waals surface area contributed by atoms with Gasteiger partial charge in [-0.2, -0.15) is 0 Å². The summed E-state index contributed by atoms with van der Waals surface area (Å²) in [6.07, 6.45) is 0.936. The van der Waals surface area contributed by atoms with Crippen LogP contribution >= 0.6 is 23.6 Å². The van der Waals surface area contributed by atoms with Crippen molar-refractivity contribution in [3.63, 3.8) is 0 Å². The lowest BCUT2D eigenvalue weighted by Gasteiger charge is -2.25. The van der Waals surface area contributed by atoms with Gasteiger partial charge in [0.25, 0.3) is 5.56 Å². The van der Waals surface area contributed by atoms with Gasteiger partial charge in [-0.15, -0.1) is 11.3 Å². The molecule has 0 saturated carbocycles. The molecule has 0 spiro atoms. The maximum atomic E-state index is 12.7. The van der Waals surface area contributed by atoms with Crippen LogP contribution in [-0.2, 0) is 0 Å². The quantitative estimate of drug-likeness (QED) is 0.862. The van der Waals surface area contributed by atoms with E-state index < -0.39 is 0 Å². The van der Waals surface area contributed by atoms with Crippen molar-refractivity contribution < 1.29 is 0 Å². The highest BCUT2D eigenvalue weighted by Gasteiger charge is 2.18. The number of aromatic nitrogens is 2. The molecule has 0 aliphatic carbocycles. The first-order chi connectivity index (χ1) is 9.40. The van der Waals surface area contributed by atoms with E-state index >= 15 is 0 Å². The second kappa shape index (κ2) is 6.20. The van der Waals surface area contributed by atoms with Crippen LogP contribution in [0.3, 0.4) is 0 Å². The lowest BCUT2D eigenvalue weighted by Crippen LogP contribution is -2.33. The molecule has 1 N–H and O–H groups in total. The Kier molecular flexibility index (Phi) is 4.78. The van der Waals surface area contributed by atoms with Crippen molar-refractivity contribution in [1.29, 1.82) is 0 Å². The zero-order chi connectivity index (χ0) is 14.9. The van der Waals surface area contributed by atoms with Crippen molar-refractivity contribution in [2.24, 2.45) is 5.92 Å². The van der Waals surface area contributed by atoms with Crippen LogP contribution in [0.25, 0.3) is 10.2 Å². The summed E-state index contributed by atoms with van der Waals surface area (Å²) in [7, 11) is 4.04. The second-order valence-corrected chi connectivity index (χ2v) is 7.12. The summed E-state index contributed by atoms with van der Waals surface area (Å²) in [6, 6.07) is 1.97. The fourth-order valence-corrected chi connectivity index (χ4v) is 3.69. The van der Waals surface area contributed by atoms with Crippen molar-refractivity contribution in [3.8, 4) is 0 Å². The summed E-state index contributed by atoms with van der Waals surface area (Å²) in [5.41, 5.74) is 0.0255. The molecule has 0 radical (unpaired) electrons. The van der Waals surface area contributed by atoms with Gasteiger partial charge in [-0.05, 0) is 50.1 Å². The summed E-state index contributed by atoms with van der Waals surface area (Å²) in [5, 5.41) is 2.65. The van der Waals surface area contributed by atoms with E-state index in [4.69, 9.17) is 12.2 Å². The van der Waals surface area contributed by atoms with E-state index in [0.29, 0.717) is 10.7 Å². The van der Waals surface area contributed by atoms with Crippen LogP contribution in [0.2, 0.25) is 0 Å². The largest absolute Gasteiger partial charge is 0.323 e. The molecule has 0 fully saturated rings. The van der Waals surface area contributed by atoms with Crippen LogP contribution in [0.1, 0.15) is 26.3 Å². The Balaban J connectivity index is 2.57. The van der Waals surface area contributed by atoms with Gasteiger partial charge in [0, 0.05) is 6.54 Å². The first-order valence-electron chi connectivity index (χ1n) is 6.77. The molecule has 0 saturated heterocycles. The van der Waals surface area contributed by atoms with Gasteiger partial charge in [0.2, 0.25) is 0 Å². The van der Waals surface area contributed by atoms with Crippen LogP contribution in [0.15, 0.2) is 16.2 Å². The Hall–Kier alpha value is -0.980. The molecule has 2 rings (SSSR count). The monoisotopic (exact) mass is 311 g/mol. The van der Waals surface area contributed by atoms with E-state index in [1.165, 1.54) is 11.3 Å². The number of nitrogens with one attached hydrogen (secondary N) is 1. The van der Waals surface area contributed by atoms with Crippen LogP contribution in [0.5, 0.6) is 0 Å². The molecular weight excluding hydrogens is 290 g/mol. The maximum Gasteiger partial charge on any atom is 0.263 e. The van der Waals surface area contributed by atoms with Gasteiger partial charge in [-0.1, -0.05) is 13.8 Å². The van der Waals surface area contributed by atoms with Gasteiger partial charge in [0.05, 0.1) is 11.4 Å². The maximum absolute atomic E-state index is 12.7. The van der Waals surface area contributed by atoms with Crippen LogP contribution in [0.4, 0.5) is 0 Å². The number of H-pyrrole nitrogens is 1. The van der Waals surface area contributed by atoms with Gasteiger partial charge >= 0.3 is 0 Å². The van der Waals surface area contributed by atoms with E-state index in [2.05, 4.69) is 23.7 Å². The lowest BCUT2D eigenvalue weighted by atomic mass is 10.0. The number of thiophene rings is 1. The lowest BCUT2D eigenvalue weighted by molar-refractivity contribution is 0.282. The Bertz CT molecular complexity index is 686. The molecule has 20 heavy (non-hydrogen) atoms. The highest BCUT2D eigenvalue weighted by Crippen LogP contribution is 2.20. The summed E-state index contributed by atoms with van der Waals surface area (Å²) in [4.78, 5) is 18.8. The summed E-state index contributed by atoms with van der Waals surface area (Å²) in [6.45, 7) is 5.15. The number of rotatable bonds is 5. The summed E-state index contributed by atoms with van der Waals surface area (Å²) in [5.74, 6) is 0.513. The van der Waals surface area contributed by atoms with Crippen molar-refractivity contribution in [3.05, 3.63) is 26.6 Å². The molecule has 110 valence electrons. The summed E-state index contributed by atoms with van der Waals surface area (Å²) >= 11 is 6.93. The average Bonchev–Trinajstić information content (AvgIpc) is 2.75. The normalized spacial score (nSPS) is 13.5. The molecule has 0 bridgehead atoms. The van der Waals surface area contributed by atoms with E-state index in [1.54, 1.807) is 4.57 Å². The first-order valence-corrected chi connectivity index (χ1v) is 8.05. The van der Waals surface area contributed by atoms with Crippen LogP contribution in [-0.4, -0.2) is 35.1 Å². The molecule has 1 atom stereocenters. The Morgan fingerprint density at radius 3 is 2.75 bits per heavy atom. The minimum absolute atomic E-state index is 0.0255. The molecule has 2 heterocycles. The van der Waals surface area contributed by atoms with E-state index in [-0.39, 0.29) is 11.6 Å². The zero-order valence-corrected chi connectivity index (χ0v) is 14.0. The molecule has 1 unspecified atom stereocenters. The molecule has 6 heteroatoms. The molecule has 0 aromatic carbocycles. The number of hydrogen-bond donors (Lipinski definition) is 1. The van der Waals surface area contributed by atoms with Gasteiger partial charge in [-0.25, -0.2) is 0 Å². The van der Waals surface area contributed by atoms with Crippen molar-refractivity contribution in [2.75, 3.05) is 20.6 Å². The predicted octanol–water partition coefficient (Wildman–Crippen LogP) is 3.27.